The average Bonchev–Trinajstić information content (AvgIpc) is 3.06. The lowest BCUT2D eigenvalue weighted by Gasteiger charge is -1.98. The van der Waals surface area contributed by atoms with Gasteiger partial charge in [0.05, 0.1) is 17.0 Å². The van der Waals surface area contributed by atoms with E-state index in [2.05, 4.69) is 34.5 Å². The number of fused-ring (bicyclic) bond motifs is 2. The summed E-state index contributed by atoms with van der Waals surface area (Å²) in [6, 6.07) is 10.1. The number of rotatable bonds is 1. The van der Waals surface area contributed by atoms with Gasteiger partial charge in [-0.2, -0.15) is 0 Å². The van der Waals surface area contributed by atoms with Crippen LogP contribution in [0.3, 0.4) is 0 Å². The van der Waals surface area contributed by atoms with Crippen LogP contribution in [-0.4, -0.2) is 14.6 Å². The smallest absolute Gasteiger partial charge is 0.277 e. The number of hydrogen-bond donors (Lipinski definition) is 2. The second kappa shape index (κ2) is 6.12. The van der Waals surface area contributed by atoms with E-state index < -0.39 is 0 Å². The summed E-state index contributed by atoms with van der Waals surface area (Å²) in [7, 11) is 0. The van der Waals surface area contributed by atoms with Gasteiger partial charge < -0.3 is 5.32 Å². The number of halogens is 2. The van der Waals surface area contributed by atoms with Crippen molar-refractivity contribution in [2.24, 2.45) is 0 Å². The van der Waals surface area contributed by atoms with Gasteiger partial charge in [-0.25, -0.2) is 9.50 Å². The Labute approximate surface area is 139 Å². The van der Waals surface area contributed by atoms with Crippen molar-refractivity contribution in [3.05, 3.63) is 57.5 Å². The van der Waals surface area contributed by atoms with Gasteiger partial charge in [0.15, 0.2) is 5.65 Å². The first-order valence-electron chi connectivity index (χ1n) is 6.64. The molecule has 3 aromatic rings. The normalized spacial score (nSPS) is 12.6. The zero-order valence-corrected chi connectivity index (χ0v) is 13.6. The van der Waals surface area contributed by atoms with Gasteiger partial charge >= 0.3 is 0 Å². The quantitative estimate of drug-likeness (QED) is 0.716. The molecular formula is C15H16Cl2N4O. The molecule has 0 atom stereocenters. The molecule has 4 rings (SSSR count). The predicted octanol–water partition coefficient (Wildman–Crippen LogP) is 2.44. The zero-order chi connectivity index (χ0) is 13.7. The predicted molar refractivity (Wildman–Crippen MR) is 91.0 cm³/mol. The molecule has 1 aliphatic heterocycles. The summed E-state index contributed by atoms with van der Waals surface area (Å²) in [5, 5.41) is 6.30. The molecule has 1 aliphatic rings. The third-order valence-electron chi connectivity index (χ3n) is 3.75. The fraction of sp³-hybridized carbons (Fsp3) is 0.200. The number of aromatic amines is 1. The van der Waals surface area contributed by atoms with E-state index in [9.17, 15) is 4.79 Å². The van der Waals surface area contributed by atoms with E-state index in [0.29, 0.717) is 18.7 Å². The fourth-order valence-electron chi connectivity index (χ4n) is 2.62. The standard InChI is InChI=1S/C15H14N4O.2ClH/c1-9-2-4-10(5-3-9)12-6-14-17-13-8-16-7-11(13)15(20)19(14)18-12;;/h2-6,16,18H,7-8H2,1H3;2*1H. The van der Waals surface area contributed by atoms with Gasteiger partial charge in [0.2, 0.25) is 0 Å². The van der Waals surface area contributed by atoms with Crippen LogP contribution in [0.5, 0.6) is 0 Å². The van der Waals surface area contributed by atoms with E-state index in [0.717, 1.165) is 22.5 Å². The van der Waals surface area contributed by atoms with E-state index in [-0.39, 0.29) is 30.4 Å². The van der Waals surface area contributed by atoms with Crippen LogP contribution < -0.4 is 10.9 Å². The maximum atomic E-state index is 12.4. The molecule has 0 radical (unpaired) electrons. The molecule has 0 unspecified atom stereocenters. The molecule has 2 aromatic heterocycles. The monoisotopic (exact) mass is 338 g/mol. The van der Waals surface area contributed by atoms with Gasteiger partial charge in [-0.05, 0) is 12.5 Å². The van der Waals surface area contributed by atoms with E-state index in [4.69, 9.17) is 0 Å². The SMILES string of the molecule is Cc1ccc(-c2cc3nc4c(c(=O)n3[nH]2)CNC4)cc1.Cl.Cl. The average molecular weight is 339 g/mol. The van der Waals surface area contributed by atoms with Crippen molar-refractivity contribution in [1.82, 2.24) is 19.9 Å². The Morgan fingerprint density at radius 3 is 2.59 bits per heavy atom. The first-order chi connectivity index (χ1) is 9.72. The minimum absolute atomic E-state index is 0. The second-order valence-corrected chi connectivity index (χ2v) is 5.18. The Morgan fingerprint density at radius 2 is 1.86 bits per heavy atom. The van der Waals surface area contributed by atoms with E-state index in [1.807, 2.05) is 18.2 Å². The van der Waals surface area contributed by atoms with Crippen LogP contribution in [0.15, 0.2) is 35.1 Å². The molecule has 0 amide bonds. The van der Waals surface area contributed by atoms with Crippen molar-refractivity contribution >= 4 is 30.5 Å². The third-order valence-corrected chi connectivity index (χ3v) is 3.75. The molecule has 3 heterocycles. The number of hydrogen-bond acceptors (Lipinski definition) is 3. The summed E-state index contributed by atoms with van der Waals surface area (Å²) in [6.45, 7) is 3.33. The van der Waals surface area contributed by atoms with Gasteiger partial charge in [-0.3, -0.25) is 9.89 Å². The summed E-state index contributed by atoms with van der Waals surface area (Å²) in [4.78, 5) is 16.9. The van der Waals surface area contributed by atoms with Crippen molar-refractivity contribution in [3.63, 3.8) is 0 Å². The van der Waals surface area contributed by atoms with Crippen LogP contribution in [0.4, 0.5) is 0 Å². The largest absolute Gasteiger partial charge is 0.307 e. The molecule has 116 valence electrons. The molecule has 0 aliphatic carbocycles. The molecule has 2 N–H and O–H groups in total. The van der Waals surface area contributed by atoms with Gasteiger partial charge in [0.1, 0.15) is 0 Å². The van der Waals surface area contributed by atoms with Crippen LogP contribution in [-0.2, 0) is 13.1 Å². The Kier molecular flexibility index (Phi) is 4.60. The molecule has 0 saturated carbocycles. The molecule has 0 spiro atoms. The van der Waals surface area contributed by atoms with Gasteiger partial charge in [0.25, 0.3) is 5.56 Å². The Balaban J connectivity index is 0.000000882. The lowest BCUT2D eigenvalue weighted by atomic mass is 10.1. The topological polar surface area (TPSA) is 62.2 Å². The van der Waals surface area contributed by atoms with Crippen molar-refractivity contribution in [1.29, 1.82) is 0 Å². The number of nitrogens with one attached hydrogen (secondary N) is 2. The first kappa shape index (κ1) is 16.5. The molecule has 7 heteroatoms. The fourth-order valence-corrected chi connectivity index (χ4v) is 2.62. The first-order valence-corrected chi connectivity index (χ1v) is 6.64. The Morgan fingerprint density at radius 1 is 1.14 bits per heavy atom. The Bertz CT molecular complexity index is 868. The summed E-state index contributed by atoms with van der Waals surface area (Å²) in [5.74, 6) is 0. The summed E-state index contributed by atoms with van der Waals surface area (Å²) in [6.07, 6.45) is 0. The highest BCUT2D eigenvalue weighted by molar-refractivity contribution is 5.85. The van der Waals surface area contributed by atoms with Gasteiger partial charge in [-0.15, -0.1) is 24.8 Å². The van der Waals surface area contributed by atoms with Crippen LogP contribution in [0, 0.1) is 6.92 Å². The lowest BCUT2D eigenvalue weighted by Crippen LogP contribution is -2.20. The third kappa shape index (κ3) is 2.52. The maximum Gasteiger partial charge on any atom is 0.277 e. The van der Waals surface area contributed by atoms with Crippen molar-refractivity contribution in [2.45, 2.75) is 20.0 Å². The molecule has 0 fully saturated rings. The number of aromatic nitrogens is 3. The van der Waals surface area contributed by atoms with Crippen LogP contribution in [0.25, 0.3) is 16.9 Å². The zero-order valence-electron chi connectivity index (χ0n) is 11.9. The van der Waals surface area contributed by atoms with Gasteiger partial charge in [0, 0.05) is 19.2 Å². The summed E-state index contributed by atoms with van der Waals surface area (Å²) < 4.78 is 1.53. The van der Waals surface area contributed by atoms with Crippen LogP contribution >= 0.6 is 24.8 Å². The molecule has 5 nitrogen and oxygen atoms in total. The minimum Gasteiger partial charge on any atom is -0.307 e. The van der Waals surface area contributed by atoms with Crippen molar-refractivity contribution in [3.8, 4) is 11.3 Å². The van der Waals surface area contributed by atoms with Crippen LogP contribution in [0.2, 0.25) is 0 Å². The number of benzene rings is 1. The lowest BCUT2D eigenvalue weighted by molar-refractivity contribution is 0.756. The minimum atomic E-state index is -0.00615. The summed E-state index contributed by atoms with van der Waals surface area (Å²) >= 11 is 0. The molecule has 0 saturated heterocycles. The number of H-pyrrole nitrogens is 1. The molecular weight excluding hydrogens is 323 g/mol. The van der Waals surface area contributed by atoms with E-state index in [1.54, 1.807) is 0 Å². The van der Waals surface area contributed by atoms with Crippen molar-refractivity contribution in [2.75, 3.05) is 0 Å². The van der Waals surface area contributed by atoms with E-state index in [1.165, 1.54) is 10.1 Å². The highest BCUT2D eigenvalue weighted by Gasteiger charge is 2.18. The number of aryl methyl sites for hydroxylation is 1. The summed E-state index contributed by atoms with van der Waals surface area (Å²) in [5.41, 5.74) is 5.47. The van der Waals surface area contributed by atoms with Crippen molar-refractivity contribution < 1.29 is 0 Å². The molecule has 1 aromatic carbocycles. The second-order valence-electron chi connectivity index (χ2n) is 5.18. The highest BCUT2D eigenvalue weighted by atomic mass is 35.5. The highest BCUT2D eigenvalue weighted by Crippen LogP contribution is 2.20. The Hall–Kier alpha value is -1.82. The number of nitrogens with zero attached hydrogens (tertiary/aromatic N) is 2. The molecule has 22 heavy (non-hydrogen) atoms. The maximum absolute atomic E-state index is 12.4. The molecule has 0 bridgehead atoms. The van der Waals surface area contributed by atoms with Crippen LogP contribution in [0.1, 0.15) is 16.8 Å². The van der Waals surface area contributed by atoms with Gasteiger partial charge in [-0.1, -0.05) is 29.8 Å². The van der Waals surface area contributed by atoms with E-state index >= 15 is 0 Å².